The van der Waals surface area contributed by atoms with Gasteiger partial charge >= 0.3 is 0 Å². The SMILES string of the molecule is CC1=CC(C)=NC(=O)C1CNC(=O)c1cc(C2CCN(C(=O)[C@H](C)N)CC2)nc2c1cnn2C(C)C. The zero-order valence-electron chi connectivity index (χ0n) is 21.6. The highest BCUT2D eigenvalue weighted by molar-refractivity contribution is 6.07. The molecule has 10 heteroatoms. The van der Waals surface area contributed by atoms with Crippen LogP contribution >= 0.6 is 0 Å². The molecule has 2 aliphatic rings. The number of pyridine rings is 1. The van der Waals surface area contributed by atoms with E-state index in [1.54, 1.807) is 24.9 Å². The highest BCUT2D eigenvalue weighted by Crippen LogP contribution is 2.31. The van der Waals surface area contributed by atoms with Crippen molar-refractivity contribution >= 4 is 34.5 Å². The predicted molar refractivity (Wildman–Crippen MR) is 138 cm³/mol. The molecule has 1 fully saturated rings. The quantitative estimate of drug-likeness (QED) is 0.634. The molecular formula is C26H35N7O3. The van der Waals surface area contributed by atoms with Gasteiger partial charge < -0.3 is 16.0 Å². The number of hydrogen-bond acceptors (Lipinski definition) is 6. The van der Waals surface area contributed by atoms with E-state index >= 15 is 0 Å². The molecule has 0 saturated carbocycles. The van der Waals surface area contributed by atoms with Gasteiger partial charge in [-0.25, -0.2) is 14.7 Å². The number of carbonyl (C=O) groups is 3. The molecule has 1 unspecified atom stereocenters. The summed E-state index contributed by atoms with van der Waals surface area (Å²) >= 11 is 0. The van der Waals surface area contributed by atoms with Gasteiger partial charge in [-0.05, 0) is 59.6 Å². The van der Waals surface area contributed by atoms with Crippen LogP contribution in [0.1, 0.15) is 75.5 Å². The maximum absolute atomic E-state index is 13.4. The topological polar surface area (TPSA) is 136 Å². The van der Waals surface area contributed by atoms with Crippen LogP contribution in [0.5, 0.6) is 0 Å². The Morgan fingerprint density at radius 1 is 1.19 bits per heavy atom. The lowest BCUT2D eigenvalue weighted by molar-refractivity contribution is -0.133. The van der Waals surface area contributed by atoms with Crippen LogP contribution in [0.3, 0.4) is 0 Å². The fourth-order valence-corrected chi connectivity index (χ4v) is 4.94. The number of dihydropyridines is 1. The first-order valence-electron chi connectivity index (χ1n) is 12.5. The average molecular weight is 494 g/mol. The molecule has 2 aromatic heterocycles. The zero-order valence-corrected chi connectivity index (χ0v) is 21.6. The second kappa shape index (κ2) is 10.3. The number of hydrogen-bond donors (Lipinski definition) is 2. The standard InChI is InChI=1S/C26H35N7O3/c1-14(2)33-23-21(13-29-33)19(24(34)28-12-20-15(3)10-16(4)30-25(20)35)11-22(31-23)18-6-8-32(9-7-18)26(36)17(5)27/h10-11,13-14,17-18,20H,6-9,12,27H2,1-5H3,(H,28,34)/t17-,20?/m0/s1. The molecule has 0 radical (unpaired) electrons. The molecule has 2 aliphatic heterocycles. The van der Waals surface area contributed by atoms with Crippen molar-refractivity contribution in [3.63, 3.8) is 0 Å². The van der Waals surface area contributed by atoms with Gasteiger partial charge in [-0.1, -0.05) is 5.57 Å². The van der Waals surface area contributed by atoms with Crippen LogP contribution in [0.25, 0.3) is 11.0 Å². The zero-order chi connectivity index (χ0) is 26.1. The van der Waals surface area contributed by atoms with E-state index in [2.05, 4.69) is 15.4 Å². The third-order valence-electron chi connectivity index (χ3n) is 6.97. The Labute approximate surface area is 211 Å². The molecule has 0 spiro atoms. The van der Waals surface area contributed by atoms with E-state index in [0.29, 0.717) is 35.4 Å². The molecule has 2 atom stereocenters. The van der Waals surface area contributed by atoms with E-state index in [1.165, 1.54) is 0 Å². The second-order valence-corrected chi connectivity index (χ2v) is 10.1. The molecule has 0 aromatic carbocycles. The summed E-state index contributed by atoms with van der Waals surface area (Å²) in [6, 6.07) is 1.39. The highest BCUT2D eigenvalue weighted by atomic mass is 16.2. The number of piperidine rings is 1. The Morgan fingerprint density at radius 2 is 1.89 bits per heavy atom. The normalized spacial score (nSPS) is 19.9. The third kappa shape index (κ3) is 5.09. The Morgan fingerprint density at radius 3 is 2.50 bits per heavy atom. The van der Waals surface area contributed by atoms with Gasteiger partial charge in [-0.2, -0.15) is 5.10 Å². The first-order chi connectivity index (χ1) is 17.1. The monoisotopic (exact) mass is 493 g/mol. The van der Waals surface area contributed by atoms with Gasteiger partial charge in [0.05, 0.1) is 29.1 Å². The molecule has 4 heterocycles. The van der Waals surface area contributed by atoms with E-state index < -0.39 is 12.0 Å². The maximum atomic E-state index is 13.4. The van der Waals surface area contributed by atoms with Crippen LogP contribution in [-0.2, 0) is 9.59 Å². The lowest BCUT2D eigenvalue weighted by Crippen LogP contribution is -2.45. The Hall–Kier alpha value is -3.40. The molecular weight excluding hydrogens is 458 g/mol. The molecule has 1 saturated heterocycles. The number of amides is 3. The van der Waals surface area contributed by atoms with Crippen LogP contribution < -0.4 is 11.1 Å². The number of nitrogens with two attached hydrogens (primary N) is 1. The minimum absolute atomic E-state index is 0.0454. The fraction of sp³-hybridized carbons (Fsp3) is 0.538. The number of nitrogens with zero attached hydrogens (tertiary/aromatic N) is 5. The Balaban J connectivity index is 1.60. The lowest BCUT2D eigenvalue weighted by atomic mass is 9.91. The first-order valence-corrected chi connectivity index (χ1v) is 12.5. The van der Waals surface area contributed by atoms with E-state index in [4.69, 9.17) is 10.7 Å². The van der Waals surface area contributed by atoms with Crippen molar-refractivity contribution in [2.75, 3.05) is 19.6 Å². The number of allylic oxidation sites excluding steroid dienone is 1. The van der Waals surface area contributed by atoms with Crippen molar-refractivity contribution in [1.82, 2.24) is 25.0 Å². The first kappa shape index (κ1) is 25.7. The third-order valence-corrected chi connectivity index (χ3v) is 6.97. The number of nitrogens with one attached hydrogen (secondary N) is 1. The summed E-state index contributed by atoms with van der Waals surface area (Å²) in [5.74, 6) is -0.927. The van der Waals surface area contributed by atoms with Crippen LogP contribution in [0.15, 0.2) is 28.9 Å². The van der Waals surface area contributed by atoms with Crippen molar-refractivity contribution in [2.45, 2.75) is 65.5 Å². The minimum Gasteiger partial charge on any atom is -0.351 e. The number of carbonyl (C=O) groups excluding carboxylic acids is 3. The summed E-state index contributed by atoms with van der Waals surface area (Å²) in [5, 5.41) is 8.10. The molecule has 0 aliphatic carbocycles. The number of fused-ring (bicyclic) bond motifs is 1. The largest absolute Gasteiger partial charge is 0.351 e. The number of aromatic nitrogens is 3. The van der Waals surface area contributed by atoms with Crippen molar-refractivity contribution in [3.05, 3.63) is 35.2 Å². The van der Waals surface area contributed by atoms with Gasteiger partial charge in [0.15, 0.2) is 5.65 Å². The second-order valence-electron chi connectivity index (χ2n) is 10.1. The summed E-state index contributed by atoms with van der Waals surface area (Å²) in [4.78, 5) is 48.8. The van der Waals surface area contributed by atoms with Crippen molar-refractivity contribution in [1.29, 1.82) is 0 Å². The van der Waals surface area contributed by atoms with Crippen molar-refractivity contribution < 1.29 is 14.4 Å². The molecule has 4 rings (SSSR count). The van der Waals surface area contributed by atoms with E-state index in [9.17, 15) is 14.4 Å². The van der Waals surface area contributed by atoms with Crippen LogP contribution in [-0.4, -0.2) is 68.8 Å². The smallest absolute Gasteiger partial charge is 0.254 e. The Kier molecular flexibility index (Phi) is 7.35. The van der Waals surface area contributed by atoms with E-state index in [-0.39, 0.29) is 36.2 Å². The van der Waals surface area contributed by atoms with Gasteiger partial charge in [0, 0.05) is 43.0 Å². The maximum Gasteiger partial charge on any atom is 0.254 e. The Bertz CT molecular complexity index is 1250. The van der Waals surface area contributed by atoms with Crippen molar-refractivity contribution in [3.8, 4) is 0 Å². The molecule has 3 amide bonds. The van der Waals surface area contributed by atoms with Crippen LogP contribution in [0.4, 0.5) is 0 Å². The van der Waals surface area contributed by atoms with Gasteiger partial charge in [0.2, 0.25) is 5.91 Å². The lowest BCUT2D eigenvalue weighted by Gasteiger charge is -2.33. The molecule has 3 N–H and O–H groups in total. The predicted octanol–water partition coefficient (Wildman–Crippen LogP) is 2.36. The van der Waals surface area contributed by atoms with E-state index in [0.717, 1.165) is 24.1 Å². The van der Waals surface area contributed by atoms with Crippen molar-refractivity contribution in [2.24, 2.45) is 16.6 Å². The highest BCUT2D eigenvalue weighted by Gasteiger charge is 2.29. The van der Waals surface area contributed by atoms with Gasteiger partial charge in [-0.3, -0.25) is 14.4 Å². The molecule has 192 valence electrons. The molecule has 2 aromatic rings. The molecule has 10 nitrogen and oxygen atoms in total. The van der Waals surface area contributed by atoms with Gasteiger partial charge in [0.1, 0.15) is 0 Å². The fourth-order valence-electron chi connectivity index (χ4n) is 4.94. The molecule has 0 bridgehead atoms. The van der Waals surface area contributed by atoms with Crippen LogP contribution in [0.2, 0.25) is 0 Å². The van der Waals surface area contributed by atoms with Gasteiger partial charge in [-0.15, -0.1) is 0 Å². The molecule has 36 heavy (non-hydrogen) atoms. The number of aliphatic imine (C=N–C) groups is 1. The summed E-state index contributed by atoms with van der Waals surface area (Å²) in [5.41, 5.74) is 9.30. The summed E-state index contributed by atoms with van der Waals surface area (Å²) in [7, 11) is 0. The summed E-state index contributed by atoms with van der Waals surface area (Å²) in [6.07, 6.45) is 5.03. The van der Waals surface area contributed by atoms with Gasteiger partial charge in [0.25, 0.3) is 11.8 Å². The number of likely N-dealkylation sites (tertiary alicyclic amines) is 1. The average Bonchev–Trinajstić information content (AvgIpc) is 3.26. The van der Waals surface area contributed by atoms with Crippen LogP contribution in [0, 0.1) is 5.92 Å². The summed E-state index contributed by atoms with van der Waals surface area (Å²) in [6.45, 7) is 10.8. The number of rotatable bonds is 6. The minimum atomic E-state index is -0.518. The summed E-state index contributed by atoms with van der Waals surface area (Å²) < 4.78 is 1.82. The van der Waals surface area contributed by atoms with E-state index in [1.807, 2.05) is 37.6 Å².